The zero-order valence-electron chi connectivity index (χ0n) is 23.5. The van der Waals surface area contributed by atoms with Crippen LogP contribution in [-0.4, -0.2) is 0 Å². The molecule has 5 rings (SSSR count). The SMILES string of the molecule is CCCc1ccc(-c2ccc(C=Cc3ccc(C4CCC(C[C@@H](C)c5ccccc5)CC4)cc3)c(F)c2)cc1. The first-order valence-electron chi connectivity index (χ1n) is 14.8. The first-order valence-corrected chi connectivity index (χ1v) is 14.8. The fourth-order valence-corrected chi connectivity index (χ4v) is 6.21. The summed E-state index contributed by atoms with van der Waals surface area (Å²) in [6.45, 7) is 4.56. The van der Waals surface area contributed by atoms with E-state index in [2.05, 4.69) is 92.7 Å². The lowest BCUT2D eigenvalue weighted by Crippen LogP contribution is -2.15. The smallest absolute Gasteiger partial charge is 0.131 e. The van der Waals surface area contributed by atoms with Crippen LogP contribution >= 0.6 is 0 Å². The normalized spacial score (nSPS) is 18.3. The van der Waals surface area contributed by atoms with Gasteiger partial charge in [-0.2, -0.15) is 0 Å². The van der Waals surface area contributed by atoms with Gasteiger partial charge < -0.3 is 0 Å². The fraction of sp³-hybridized carbons (Fsp3) is 0.316. The number of rotatable bonds is 9. The van der Waals surface area contributed by atoms with Gasteiger partial charge in [0, 0.05) is 5.56 Å². The summed E-state index contributed by atoms with van der Waals surface area (Å²) in [4.78, 5) is 0. The van der Waals surface area contributed by atoms with Gasteiger partial charge >= 0.3 is 0 Å². The molecule has 0 aromatic heterocycles. The van der Waals surface area contributed by atoms with Gasteiger partial charge in [-0.1, -0.05) is 123 Å². The summed E-state index contributed by atoms with van der Waals surface area (Å²) in [5.74, 6) is 1.95. The quantitative estimate of drug-likeness (QED) is 0.194. The van der Waals surface area contributed by atoms with Crippen molar-refractivity contribution in [2.24, 2.45) is 5.92 Å². The molecule has 1 atom stereocenters. The van der Waals surface area contributed by atoms with E-state index in [-0.39, 0.29) is 5.82 Å². The van der Waals surface area contributed by atoms with Gasteiger partial charge in [0.1, 0.15) is 5.82 Å². The molecule has 1 aliphatic rings. The molecule has 0 saturated heterocycles. The van der Waals surface area contributed by atoms with Gasteiger partial charge in [0.15, 0.2) is 0 Å². The molecule has 0 unspecified atom stereocenters. The van der Waals surface area contributed by atoms with E-state index in [1.54, 1.807) is 6.07 Å². The third kappa shape index (κ3) is 7.15. The lowest BCUT2D eigenvalue weighted by atomic mass is 9.75. The molecule has 0 heterocycles. The zero-order chi connectivity index (χ0) is 27.0. The fourth-order valence-electron chi connectivity index (χ4n) is 6.21. The van der Waals surface area contributed by atoms with Gasteiger partial charge in [-0.15, -0.1) is 0 Å². The van der Waals surface area contributed by atoms with Gasteiger partial charge in [0.05, 0.1) is 0 Å². The largest absolute Gasteiger partial charge is 0.206 e. The molecule has 0 bridgehead atoms. The lowest BCUT2D eigenvalue weighted by Gasteiger charge is -2.30. The van der Waals surface area contributed by atoms with Crippen LogP contribution in [0.15, 0.2) is 97.1 Å². The third-order valence-corrected chi connectivity index (χ3v) is 8.59. The molecule has 1 fully saturated rings. The van der Waals surface area contributed by atoms with Crippen molar-refractivity contribution in [3.63, 3.8) is 0 Å². The third-order valence-electron chi connectivity index (χ3n) is 8.59. The Bertz CT molecular complexity index is 1340. The average molecular weight is 517 g/mol. The minimum atomic E-state index is -0.184. The molecule has 0 N–H and O–H groups in total. The molecule has 1 heteroatoms. The Morgan fingerprint density at radius 2 is 1.46 bits per heavy atom. The van der Waals surface area contributed by atoms with Crippen LogP contribution < -0.4 is 0 Å². The Hall–Kier alpha value is -3.45. The number of halogens is 1. The second-order valence-corrected chi connectivity index (χ2v) is 11.4. The summed E-state index contributed by atoms with van der Waals surface area (Å²) >= 11 is 0. The molecule has 0 radical (unpaired) electrons. The van der Waals surface area contributed by atoms with E-state index >= 15 is 0 Å². The molecule has 200 valence electrons. The van der Waals surface area contributed by atoms with Crippen LogP contribution in [0, 0.1) is 11.7 Å². The summed E-state index contributed by atoms with van der Waals surface area (Å²) in [6, 6.07) is 33.9. The van der Waals surface area contributed by atoms with Crippen LogP contribution in [0.1, 0.15) is 92.0 Å². The highest BCUT2D eigenvalue weighted by molar-refractivity contribution is 5.72. The monoisotopic (exact) mass is 516 g/mol. The zero-order valence-corrected chi connectivity index (χ0v) is 23.5. The molecular formula is C38H41F. The van der Waals surface area contributed by atoms with Crippen molar-refractivity contribution in [3.8, 4) is 11.1 Å². The molecule has 1 saturated carbocycles. The predicted molar refractivity (Wildman–Crippen MR) is 165 cm³/mol. The highest BCUT2D eigenvalue weighted by atomic mass is 19.1. The predicted octanol–water partition coefficient (Wildman–Crippen LogP) is 11.1. The maximum absolute atomic E-state index is 14.9. The van der Waals surface area contributed by atoms with Crippen molar-refractivity contribution in [3.05, 3.63) is 131 Å². The highest BCUT2D eigenvalue weighted by Gasteiger charge is 2.24. The molecule has 0 spiro atoms. The van der Waals surface area contributed by atoms with E-state index in [1.807, 2.05) is 24.3 Å². The molecule has 4 aromatic rings. The van der Waals surface area contributed by atoms with Crippen molar-refractivity contribution in [2.75, 3.05) is 0 Å². The summed E-state index contributed by atoms with van der Waals surface area (Å²) in [7, 11) is 0. The minimum Gasteiger partial charge on any atom is -0.206 e. The van der Waals surface area contributed by atoms with Crippen LogP contribution in [0.3, 0.4) is 0 Å². The van der Waals surface area contributed by atoms with Gasteiger partial charge in [0.25, 0.3) is 0 Å². The number of hydrogen-bond acceptors (Lipinski definition) is 0. The summed E-state index contributed by atoms with van der Waals surface area (Å²) in [5.41, 5.74) is 7.94. The number of benzene rings is 4. The molecule has 4 aromatic carbocycles. The first-order chi connectivity index (χ1) is 19.1. The summed E-state index contributed by atoms with van der Waals surface area (Å²) in [6.07, 6.45) is 12.6. The molecular weight excluding hydrogens is 475 g/mol. The molecule has 1 aliphatic carbocycles. The van der Waals surface area contributed by atoms with Crippen LogP contribution in [0.2, 0.25) is 0 Å². The molecule has 0 nitrogen and oxygen atoms in total. The minimum absolute atomic E-state index is 0.184. The van der Waals surface area contributed by atoms with Gasteiger partial charge in [-0.05, 0) is 95.7 Å². The number of aryl methyl sites for hydroxylation is 1. The standard InChI is InChI=1S/C38H41F/c1-3-7-29-10-19-35(20-11-29)37-25-24-36(38(39)27-37)23-14-30-12-17-33(18-13-30)34-21-15-31(16-22-34)26-28(2)32-8-5-4-6-9-32/h4-6,8-14,17-20,23-25,27-28,31,34H,3,7,15-16,21-22,26H2,1-2H3/t28-,31?,34?/m1/s1. The van der Waals surface area contributed by atoms with E-state index in [9.17, 15) is 4.39 Å². The maximum atomic E-state index is 14.9. The van der Waals surface area contributed by atoms with Crippen LogP contribution in [0.25, 0.3) is 23.3 Å². The summed E-state index contributed by atoms with van der Waals surface area (Å²) < 4.78 is 14.9. The second-order valence-electron chi connectivity index (χ2n) is 11.4. The van der Waals surface area contributed by atoms with E-state index < -0.39 is 0 Å². The molecule has 39 heavy (non-hydrogen) atoms. The second kappa shape index (κ2) is 13.1. The lowest BCUT2D eigenvalue weighted by molar-refractivity contribution is 0.297. The van der Waals surface area contributed by atoms with Gasteiger partial charge in [0.2, 0.25) is 0 Å². The van der Waals surface area contributed by atoms with Gasteiger partial charge in [-0.25, -0.2) is 4.39 Å². The van der Waals surface area contributed by atoms with E-state index in [4.69, 9.17) is 0 Å². The van der Waals surface area contributed by atoms with E-state index in [0.29, 0.717) is 17.4 Å². The highest BCUT2D eigenvalue weighted by Crippen LogP contribution is 2.39. The molecule has 0 amide bonds. The Balaban J connectivity index is 1.15. The van der Waals surface area contributed by atoms with Crippen LogP contribution in [0.5, 0.6) is 0 Å². The van der Waals surface area contributed by atoms with Crippen LogP contribution in [-0.2, 0) is 6.42 Å². The Kier molecular flexibility index (Phi) is 9.09. The van der Waals surface area contributed by atoms with Crippen molar-refractivity contribution >= 4 is 12.2 Å². The molecule has 0 aliphatic heterocycles. The van der Waals surface area contributed by atoms with Crippen LogP contribution in [0.4, 0.5) is 4.39 Å². The van der Waals surface area contributed by atoms with E-state index in [0.717, 1.165) is 35.4 Å². The van der Waals surface area contributed by atoms with E-state index in [1.165, 1.54) is 48.8 Å². The van der Waals surface area contributed by atoms with Crippen molar-refractivity contribution in [2.45, 2.75) is 70.6 Å². The van der Waals surface area contributed by atoms with Crippen molar-refractivity contribution in [1.29, 1.82) is 0 Å². The topological polar surface area (TPSA) is 0 Å². The Morgan fingerprint density at radius 3 is 2.13 bits per heavy atom. The summed E-state index contributed by atoms with van der Waals surface area (Å²) in [5, 5.41) is 0. The van der Waals surface area contributed by atoms with Crippen molar-refractivity contribution in [1.82, 2.24) is 0 Å². The number of hydrogen-bond donors (Lipinski definition) is 0. The Morgan fingerprint density at radius 1 is 0.769 bits per heavy atom. The average Bonchev–Trinajstić information content (AvgIpc) is 2.98. The first kappa shape index (κ1) is 27.1. The van der Waals surface area contributed by atoms with Gasteiger partial charge in [-0.3, -0.25) is 0 Å². The maximum Gasteiger partial charge on any atom is 0.131 e. The van der Waals surface area contributed by atoms with Crippen molar-refractivity contribution < 1.29 is 4.39 Å². The Labute approximate surface area is 234 Å².